The average Bonchev–Trinajstić information content (AvgIpc) is 3.35. The molecule has 214 valence electrons. The van der Waals surface area contributed by atoms with E-state index in [1.165, 1.54) is 10.6 Å². The molecule has 10 heteroatoms. The minimum absolute atomic E-state index is 0.0886. The highest BCUT2D eigenvalue weighted by atomic mass is 35.5. The van der Waals surface area contributed by atoms with Crippen LogP contribution in [-0.4, -0.2) is 50.0 Å². The normalized spacial score (nSPS) is 14.7. The highest BCUT2D eigenvalue weighted by Crippen LogP contribution is 2.26. The van der Waals surface area contributed by atoms with Crippen molar-refractivity contribution in [3.8, 4) is 0 Å². The number of nitrogens with one attached hydrogen (secondary N) is 1. The molecular formula is C29H39Cl2N3O4S. The monoisotopic (exact) mass is 595 g/mol. The number of carbonyl (C=O) groups is 2. The van der Waals surface area contributed by atoms with E-state index in [1.807, 2.05) is 39.0 Å². The van der Waals surface area contributed by atoms with E-state index < -0.39 is 16.1 Å². The number of sulfonamides is 1. The number of hydrogen-bond donors (Lipinski definition) is 1. The first-order valence-corrected chi connectivity index (χ1v) is 16.1. The second kappa shape index (κ2) is 13.9. The van der Waals surface area contributed by atoms with E-state index in [9.17, 15) is 18.0 Å². The molecule has 3 rings (SSSR count). The van der Waals surface area contributed by atoms with Gasteiger partial charge in [0.25, 0.3) is 0 Å². The Morgan fingerprint density at radius 1 is 1.03 bits per heavy atom. The van der Waals surface area contributed by atoms with Gasteiger partial charge in [0.15, 0.2) is 0 Å². The van der Waals surface area contributed by atoms with Crippen molar-refractivity contribution in [3.05, 3.63) is 63.1 Å². The van der Waals surface area contributed by atoms with E-state index in [1.54, 1.807) is 23.1 Å². The Balaban J connectivity index is 1.79. The summed E-state index contributed by atoms with van der Waals surface area (Å²) in [6.07, 6.45) is 6.08. The minimum Gasteiger partial charge on any atom is -0.352 e. The van der Waals surface area contributed by atoms with Gasteiger partial charge >= 0.3 is 0 Å². The molecule has 1 aliphatic rings. The van der Waals surface area contributed by atoms with Crippen LogP contribution < -0.4 is 9.62 Å². The molecule has 0 bridgehead atoms. The summed E-state index contributed by atoms with van der Waals surface area (Å²) in [6.45, 7) is 6.07. The first-order chi connectivity index (χ1) is 18.4. The van der Waals surface area contributed by atoms with Crippen LogP contribution in [-0.2, 0) is 26.2 Å². The zero-order valence-electron chi connectivity index (χ0n) is 23.2. The molecular weight excluding hydrogens is 557 g/mol. The minimum atomic E-state index is -3.56. The number of benzene rings is 2. The highest BCUT2D eigenvalue weighted by molar-refractivity contribution is 7.92. The molecule has 2 aromatic carbocycles. The van der Waals surface area contributed by atoms with Crippen LogP contribution in [0, 0.1) is 13.8 Å². The fourth-order valence-corrected chi connectivity index (χ4v) is 6.49. The van der Waals surface area contributed by atoms with Crippen molar-refractivity contribution >= 4 is 50.7 Å². The Morgan fingerprint density at radius 2 is 1.67 bits per heavy atom. The second-order valence-electron chi connectivity index (χ2n) is 10.5. The number of aryl methyl sites for hydroxylation is 2. The van der Waals surface area contributed by atoms with Gasteiger partial charge in [-0.05, 0) is 80.5 Å². The number of anilines is 1. The van der Waals surface area contributed by atoms with Crippen LogP contribution >= 0.6 is 23.2 Å². The Morgan fingerprint density at radius 3 is 2.23 bits per heavy atom. The number of rotatable bonds is 12. The third-order valence-electron chi connectivity index (χ3n) is 7.07. The quantitative estimate of drug-likeness (QED) is 0.325. The van der Waals surface area contributed by atoms with E-state index in [4.69, 9.17) is 23.2 Å². The third-order valence-corrected chi connectivity index (χ3v) is 9.00. The molecule has 7 nitrogen and oxygen atoms in total. The van der Waals surface area contributed by atoms with Gasteiger partial charge in [-0.1, -0.05) is 55.1 Å². The highest BCUT2D eigenvalue weighted by Gasteiger charge is 2.31. The smallest absolute Gasteiger partial charge is 0.243 e. The number of hydrogen-bond acceptors (Lipinski definition) is 4. The lowest BCUT2D eigenvalue weighted by atomic mass is 10.1. The molecule has 39 heavy (non-hydrogen) atoms. The summed E-state index contributed by atoms with van der Waals surface area (Å²) >= 11 is 12.3. The van der Waals surface area contributed by atoms with Crippen molar-refractivity contribution in [1.82, 2.24) is 10.2 Å². The van der Waals surface area contributed by atoms with E-state index in [2.05, 4.69) is 5.32 Å². The molecule has 2 aromatic rings. The van der Waals surface area contributed by atoms with Gasteiger partial charge in [0.1, 0.15) is 6.04 Å². The van der Waals surface area contributed by atoms with Gasteiger partial charge in [-0.15, -0.1) is 0 Å². The predicted molar refractivity (Wildman–Crippen MR) is 159 cm³/mol. The summed E-state index contributed by atoms with van der Waals surface area (Å²) in [6, 6.07) is 10.3. The largest absolute Gasteiger partial charge is 0.352 e. The van der Waals surface area contributed by atoms with Gasteiger partial charge in [0, 0.05) is 25.6 Å². The third kappa shape index (κ3) is 8.85. The molecule has 1 fully saturated rings. The average molecular weight is 597 g/mol. The molecule has 1 aliphatic carbocycles. The zero-order chi connectivity index (χ0) is 28.7. The van der Waals surface area contributed by atoms with Crippen molar-refractivity contribution in [2.45, 2.75) is 84.3 Å². The Labute approximate surface area is 242 Å². The Kier molecular flexibility index (Phi) is 11.1. The molecule has 2 amide bonds. The van der Waals surface area contributed by atoms with Gasteiger partial charge in [-0.25, -0.2) is 8.42 Å². The van der Waals surface area contributed by atoms with Crippen molar-refractivity contribution in [2.24, 2.45) is 0 Å². The molecule has 1 saturated carbocycles. The molecule has 1 N–H and O–H groups in total. The van der Waals surface area contributed by atoms with Crippen molar-refractivity contribution in [2.75, 3.05) is 17.1 Å². The van der Waals surface area contributed by atoms with Crippen LogP contribution in [0.25, 0.3) is 0 Å². The summed E-state index contributed by atoms with van der Waals surface area (Å²) in [5.74, 6) is -0.380. The summed E-state index contributed by atoms with van der Waals surface area (Å²) in [4.78, 5) is 28.5. The van der Waals surface area contributed by atoms with Gasteiger partial charge < -0.3 is 10.2 Å². The Hall–Kier alpha value is -2.29. The second-order valence-corrected chi connectivity index (χ2v) is 13.2. The maximum Gasteiger partial charge on any atom is 0.243 e. The molecule has 0 saturated heterocycles. The van der Waals surface area contributed by atoms with Crippen LogP contribution in [0.1, 0.15) is 68.6 Å². The molecule has 0 radical (unpaired) electrons. The molecule has 1 unspecified atom stereocenters. The molecule has 0 aromatic heterocycles. The van der Waals surface area contributed by atoms with E-state index in [0.29, 0.717) is 28.6 Å². The fourth-order valence-electron chi connectivity index (χ4n) is 5.22. The van der Waals surface area contributed by atoms with Crippen LogP contribution in [0.3, 0.4) is 0 Å². The number of nitrogens with zero attached hydrogens (tertiary/aromatic N) is 2. The maximum absolute atomic E-state index is 13.6. The zero-order valence-corrected chi connectivity index (χ0v) is 25.5. The van der Waals surface area contributed by atoms with Crippen LogP contribution in [0.5, 0.6) is 0 Å². The fraction of sp³-hybridized carbons (Fsp3) is 0.517. The van der Waals surface area contributed by atoms with Crippen LogP contribution in [0.2, 0.25) is 10.0 Å². The lowest BCUT2D eigenvalue weighted by molar-refractivity contribution is -0.141. The first-order valence-electron chi connectivity index (χ1n) is 13.5. The SMILES string of the molecule is CCC(C(=O)NC1CCCC1)N(Cc1ccc(Cl)c(Cl)c1)C(=O)CCCN(c1cc(C)cc(C)c1)S(C)(=O)=O. The van der Waals surface area contributed by atoms with Crippen molar-refractivity contribution in [1.29, 1.82) is 0 Å². The standard InChI is InChI=1S/C29H39Cl2N3O4S/c1-5-27(29(36)32-23-9-6-7-10-23)33(19-22-12-13-25(30)26(31)18-22)28(35)11-8-14-34(39(4,37)38)24-16-20(2)15-21(3)17-24/h12-13,15-18,23,27H,5-11,14,19H2,1-4H3,(H,32,36). The molecule has 0 heterocycles. The molecule has 0 spiro atoms. The van der Waals surface area contributed by atoms with Gasteiger partial charge in [0.05, 0.1) is 22.0 Å². The Bertz CT molecular complexity index is 1260. The molecule has 1 atom stereocenters. The van der Waals surface area contributed by atoms with Gasteiger partial charge in [0.2, 0.25) is 21.8 Å². The van der Waals surface area contributed by atoms with Crippen molar-refractivity contribution in [3.63, 3.8) is 0 Å². The van der Waals surface area contributed by atoms with E-state index >= 15 is 0 Å². The summed E-state index contributed by atoms with van der Waals surface area (Å²) in [5.41, 5.74) is 3.26. The number of carbonyl (C=O) groups excluding carboxylic acids is 2. The van der Waals surface area contributed by atoms with Crippen LogP contribution in [0.4, 0.5) is 5.69 Å². The number of halogens is 2. The summed E-state index contributed by atoms with van der Waals surface area (Å²) in [7, 11) is -3.56. The lowest BCUT2D eigenvalue weighted by Gasteiger charge is -2.32. The lowest BCUT2D eigenvalue weighted by Crippen LogP contribution is -2.51. The summed E-state index contributed by atoms with van der Waals surface area (Å²) < 4.78 is 26.6. The van der Waals surface area contributed by atoms with Crippen molar-refractivity contribution < 1.29 is 18.0 Å². The summed E-state index contributed by atoms with van der Waals surface area (Å²) in [5, 5.41) is 3.92. The van der Waals surface area contributed by atoms with Gasteiger partial charge in [-0.2, -0.15) is 0 Å². The van der Waals surface area contributed by atoms with Crippen LogP contribution in [0.15, 0.2) is 36.4 Å². The predicted octanol–water partition coefficient (Wildman–Crippen LogP) is 6.02. The topological polar surface area (TPSA) is 86.8 Å². The van der Waals surface area contributed by atoms with Gasteiger partial charge in [-0.3, -0.25) is 13.9 Å². The van der Waals surface area contributed by atoms with E-state index in [-0.39, 0.29) is 37.4 Å². The molecule has 0 aliphatic heterocycles. The maximum atomic E-state index is 13.6. The van der Waals surface area contributed by atoms with E-state index in [0.717, 1.165) is 42.4 Å². The number of amides is 2. The first kappa shape index (κ1) is 31.2.